The van der Waals surface area contributed by atoms with Gasteiger partial charge in [0.05, 0.1) is 13.2 Å². The number of benzene rings is 1. The number of hydrogen-bond acceptors (Lipinski definition) is 6. The van der Waals surface area contributed by atoms with Crippen molar-refractivity contribution in [2.45, 2.75) is 18.9 Å². The molecule has 6 heteroatoms. The van der Waals surface area contributed by atoms with Gasteiger partial charge in [-0.3, -0.25) is 4.79 Å². The van der Waals surface area contributed by atoms with E-state index in [4.69, 9.17) is 9.47 Å². The fraction of sp³-hybridized carbons (Fsp3) is 0.462. The molecule has 1 aliphatic rings. The Morgan fingerprint density at radius 3 is 3.05 bits per heavy atom. The number of esters is 1. The predicted octanol–water partition coefficient (Wildman–Crippen LogP) is 1.14. The summed E-state index contributed by atoms with van der Waals surface area (Å²) in [5, 5.41) is 12.8. The van der Waals surface area contributed by atoms with Crippen LogP contribution in [0.25, 0.3) is 0 Å². The second-order valence-corrected chi connectivity index (χ2v) is 4.22. The largest absolute Gasteiger partial charge is 0.469 e. The summed E-state index contributed by atoms with van der Waals surface area (Å²) in [5.41, 5.74) is 0.835. The monoisotopic (exact) mass is 267 g/mol. The van der Waals surface area contributed by atoms with Crippen LogP contribution in [0.1, 0.15) is 12.8 Å². The number of rotatable bonds is 6. The van der Waals surface area contributed by atoms with E-state index in [0.717, 1.165) is 11.4 Å². The van der Waals surface area contributed by atoms with Gasteiger partial charge in [0.1, 0.15) is 0 Å². The number of carbonyl (C=O) groups is 1. The first-order chi connectivity index (χ1) is 9.19. The molecule has 0 bridgehead atoms. The molecular formula is C13H17NO5. The first-order valence-electron chi connectivity index (χ1n) is 6.07. The minimum Gasteiger partial charge on any atom is -0.469 e. The standard InChI is InChI=1S/C13H17NO5/c1-17-13(16)5-3-10(15)7-14-9-2-4-11-12(6-9)19-8-18-11/h2,4,6,10,14-15H,3,5,7-8H2,1H3. The lowest BCUT2D eigenvalue weighted by molar-refractivity contribution is -0.141. The Morgan fingerprint density at radius 1 is 1.47 bits per heavy atom. The van der Waals surface area contributed by atoms with Crippen molar-refractivity contribution < 1.29 is 24.1 Å². The molecule has 6 nitrogen and oxygen atoms in total. The maximum absolute atomic E-state index is 10.9. The first kappa shape index (κ1) is 13.5. The first-order valence-corrected chi connectivity index (χ1v) is 6.07. The summed E-state index contributed by atoms with van der Waals surface area (Å²) in [7, 11) is 1.33. The minimum absolute atomic E-state index is 0.209. The zero-order chi connectivity index (χ0) is 13.7. The van der Waals surface area contributed by atoms with E-state index < -0.39 is 6.10 Å². The summed E-state index contributed by atoms with van der Waals surface area (Å²) in [6, 6.07) is 5.47. The number of nitrogens with one attached hydrogen (secondary N) is 1. The van der Waals surface area contributed by atoms with E-state index in [9.17, 15) is 9.90 Å². The van der Waals surface area contributed by atoms with Crippen molar-refractivity contribution in [1.82, 2.24) is 0 Å². The molecule has 0 amide bonds. The molecule has 1 aromatic carbocycles. The van der Waals surface area contributed by atoms with Gasteiger partial charge in [-0.1, -0.05) is 0 Å². The van der Waals surface area contributed by atoms with E-state index in [0.29, 0.717) is 18.7 Å². The fourth-order valence-electron chi connectivity index (χ4n) is 1.73. The van der Waals surface area contributed by atoms with Gasteiger partial charge in [-0.25, -0.2) is 0 Å². The molecule has 104 valence electrons. The van der Waals surface area contributed by atoms with Gasteiger partial charge in [0.15, 0.2) is 11.5 Å². The van der Waals surface area contributed by atoms with E-state index in [1.807, 2.05) is 18.2 Å². The van der Waals surface area contributed by atoms with Crippen LogP contribution in [0.5, 0.6) is 11.5 Å². The predicted molar refractivity (Wildman–Crippen MR) is 68.3 cm³/mol. The molecule has 1 aliphatic heterocycles. The fourth-order valence-corrected chi connectivity index (χ4v) is 1.73. The molecule has 1 heterocycles. The van der Waals surface area contributed by atoms with E-state index in [2.05, 4.69) is 10.1 Å². The molecule has 1 aromatic rings. The van der Waals surface area contributed by atoms with Crippen LogP contribution in [0, 0.1) is 0 Å². The molecule has 0 spiro atoms. The van der Waals surface area contributed by atoms with Crippen molar-refractivity contribution in [3.63, 3.8) is 0 Å². The smallest absolute Gasteiger partial charge is 0.305 e. The molecule has 1 atom stereocenters. The molecule has 0 saturated carbocycles. The third kappa shape index (κ3) is 3.75. The van der Waals surface area contributed by atoms with Crippen LogP contribution in [0.4, 0.5) is 5.69 Å². The molecular weight excluding hydrogens is 250 g/mol. The van der Waals surface area contributed by atoms with Crippen LogP contribution in [-0.4, -0.2) is 37.6 Å². The molecule has 1 unspecified atom stereocenters. The lowest BCUT2D eigenvalue weighted by Crippen LogP contribution is -2.20. The van der Waals surface area contributed by atoms with Gasteiger partial charge in [0.2, 0.25) is 6.79 Å². The second-order valence-electron chi connectivity index (χ2n) is 4.22. The average Bonchev–Trinajstić information content (AvgIpc) is 2.89. The maximum atomic E-state index is 10.9. The lowest BCUT2D eigenvalue weighted by Gasteiger charge is -2.12. The lowest BCUT2D eigenvalue weighted by atomic mass is 10.2. The van der Waals surface area contributed by atoms with Gasteiger partial charge >= 0.3 is 5.97 Å². The van der Waals surface area contributed by atoms with Crippen LogP contribution < -0.4 is 14.8 Å². The van der Waals surface area contributed by atoms with Crippen molar-refractivity contribution in [3.05, 3.63) is 18.2 Å². The Morgan fingerprint density at radius 2 is 2.26 bits per heavy atom. The molecule has 2 rings (SSSR count). The maximum Gasteiger partial charge on any atom is 0.305 e. The summed E-state index contributed by atoms with van der Waals surface area (Å²) in [5.74, 6) is 1.09. The summed E-state index contributed by atoms with van der Waals surface area (Å²) >= 11 is 0. The molecule has 0 aliphatic carbocycles. The highest BCUT2D eigenvalue weighted by molar-refractivity contribution is 5.69. The van der Waals surface area contributed by atoms with Gasteiger partial charge in [0.25, 0.3) is 0 Å². The summed E-state index contributed by atoms with van der Waals surface area (Å²) in [4.78, 5) is 10.9. The SMILES string of the molecule is COC(=O)CCC(O)CNc1ccc2c(c1)OCO2. The van der Waals surface area contributed by atoms with E-state index in [1.54, 1.807) is 0 Å². The molecule has 0 radical (unpaired) electrons. The van der Waals surface area contributed by atoms with Crippen molar-refractivity contribution in [3.8, 4) is 11.5 Å². The third-order valence-corrected chi connectivity index (χ3v) is 2.82. The minimum atomic E-state index is -0.607. The van der Waals surface area contributed by atoms with Crippen LogP contribution in [-0.2, 0) is 9.53 Å². The normalized spacial score (nSPS) is 14.0. The van der Waals surface area contributed by atoms with Crippen molar-refractivity contribution >= 4 is 11.7 Å². The van der Waals surface area contributed by atoms with Crippen molar-refractivity contribution in [2.75, 3.05) is 25.8 Å². The van der Waals surface area contributed by atoms with Crippen molar-refractivity contribution in [2.24, 2.45) is 0 Å². The summed E-state index contributed by atoms with van der Waals surface area (Å²) in [6.07, 6.45) is -0.0328. The van der Waals surface area contributed by atoms with Crippen LogP contribution in [0.2, 0.25) is 0 Å². The van der Waals surface area contributed by atoms with Crippen molar-refractivity contribution in [1.29, 1.82) is 0 Å². The Labute approximate surface area is 111 Å². The number of carbonyl (C=O) groups excluding carboxylic acids is 1. The Bertz CT molecular complexity index is 449. The van der Waals surface area contributed by atoms with Gasteiger partial charge in [-0.2, -0.15) is 0 Å². The van der Waals surface area contributed by atoms with Crippen LogP contribution in [0.3, 0.4) is 0 Å². The van der Waals surface area contributed by atoms with E-state index in [-0.39, 0.29) is 19.2 Å². The number of ether oxygens (including phenoxy) is 3. The topological polar surface area (TPSA) is 77.0 Å². The zero-order valence-corrected chi connectivity index (χ0v) is 10.7. The average molecular weight is 267 g/mol. The number of anilines is 1. The van der Waals surface area contributed by atoms with Crippen LogP contribution in [0.15, 0.2) is 18.2 Å². The van der Waals surface area contributed by atoms with Gasteiger partial charge in [-0.15, -0.1) is 0 Å². The number of fused-ring (bicyclic) bond motifs is 1. The van der Waals surface area contributed by atoms with Gasteiger partial charge in [-0.05, 0) is 18.6 Å². The second kappa shape index (κ2) is 6.29. The number of aliphatic hydroxyl groups is 1. The van der Waals surface area contributed by atoms with E-state index in [1.165, 1.54) is 7.11 Å². The molecule has 19 heavy (non-hydrogen) atoms. The van der Waals surface area contributed by atoms with E-state index >= 15 is 0 Å². The quantitative estimate of drug-likeness (QED) is 0.753. The molecule has 0 saturated heterocycles. The third-order valence-electron chi connectivity index (χ3n) is 2.82. The summed E-state index contributed by atoms with van der Waals surface area (Å²) < 4.78 is 15.0. The molecule has 2 N–H and O–H groups in total. The Balaban J connectivity index is 1.77. The molecule has 0 fully saturated rings. The Kier molecular flexibility index (Phi) is 4.46. The van der Waals surface area contributed by atoms with Crippen LogP contribution >= 0.6 is 0 Å². The highest BCUT2D eigenvalue weighted by Gasteiger charge is 2.14. The summed E-state index contributed by atoms with van der Waals surface area (Å²) in [6.45, 7) is 0.594. The highest BCUT2D eigenvalue weighted by atomic mass is 16.7. The number of aliphatic hydroxyl groups excluding tert-OH is 1. The number of hydrogen-bond donors (Lipinski definition) is 2. The van der Waals surface area contributed by atoms with Gasteiger partial charge in [0, 0.05) is 24.7 Å². The highest BCUT2D eigenvalue weighted by Crippen LogP contribution is 2.34. The zero-order valence-electron chi connectivity index (χ0n) is 10.7. The Hall–Kier alpha value is -1.95. The molecule has 0 aromatic heterocycles. The van der Waals surface area contributed by atoms with Gasteiger partial charge < -0.3 is 24.6 Å². The number of methoxy groups -OCH3 is 1.